The number of hydrogen-bond donors (Lipinski definition) is 0. The largest absolute Gasteiger partial charge is 0.268 e. The standard InChI is InChI=1S/C18H20ClN3O3S2/c1-4-15-20-17-12(11-16(26-17)27(24,25)21(5-2)6-3)18(23)22(15)14-10-8-7-9-13(14)19/h7-11H,4-6H2,1-3H3. The Labute approximate surface area is 167 Å². The van der Waals surface area contributed by atoms with Crippen molar-refractivity contribution in [1.29, 1.82) is 0 Å². The minimum absolute atomic E-state index is 0.129. The topological polar surface area (TPSA) is 72.3 Å². The summed E-state index contributed by atoms with van der Waals surface area (Å²) < 4.78 is 28.6. The Morgan fingerprint density at radius 1 is 1.19 bits per heavy atom. The smallest absolute Gasteiger partial charge is 0.266 e. The van der Waals surface area contributed by atoms with Gasteiger partial charge in [0, 0.05) is 19.5 Å². The molecule has 0 saturated heterocycles. The fourth-order valence-electron chi connectivity index (χ4n) is 2.94. The molecule has 0 unspecified atom stereocenters. The maximum atomic E-state index is 13.2. The van der Waals surface area contributed by atoms with E-state index < -0.39 is 10.0 Å². The molecule has 3 rings (SSSR count). The highest BCUT2D eigenvalue weighted by molar-refractivity contribution is 7.91. The van der Waals surface area contributed by atoms with Crippen LogP contribution in [0.5, 0.6) is 0 Å². The number of para-hydroxylation sites is 1. The number of halogens is 1. The zero-order valence-corrected chi connectivity index (χ0v) is 17.7. The fraction of sp³-hybridized carbons (Fsp3) is 0.333. The van der Waals surface area contributed by atoms with Crippen molar-refractivity contribution in [2.45, 2.75) is 31.4 Å². The van der Waals surface area contributed by atoms with Crippen LogP contribution < -0.4 is 5.56 Å². The van der Waals surface area contributed by atoms with Crippen molar-refractivity contribution < 1.29 is 8.42 Å². The van der Waals surface area contributed by atoms with Crippen molar-refractivity contribution in [3.8, 4) is 5.69 Å². The molecule has 27 heavy (non-hydrogen) atoms. The summed E-state index contributed by atoms with van der Waals surface area (Å²) >= 11 is 7.31. The number of sulfonamides is 1. The highest BCUT2D eigenvalue weighted by Crippen LogP contribution is 2.29. The Morgan fingerprint density at radius 3 is 2.44 bits per heavy atom. The molecule has 2 heterocycles. The molecule has 0 fully saturated rings. The summed E-state index contributed by atoms with van der Waals surface area (Å²) in [4.78, 5) is 18.2. The van der Waals surface area contributed by atoms with Crippen LogP contribution in [0.3, 0.4) is 0 Å². The summed E-state index contributed by atoms with van der Waals surface area (Å²) in [6.45, 7) is 6.19. The van der Waals surface area contributed by atoms with Gasteiger partial charge in [0.15, 0.2) is 0 Å². The molecule has 2 aromatic heterocycles. The predicted molar refractivity (Wildman–Crippen MR) is 110 cm³/mol. The van der Waals surface area contributed by atoms with Gasteiger partial charge in [-0.05, 0) is 18.2 Å². The second kappa shape index (κ2) is 7.71. The van der Waals surface area contributed by atoms with E-state index >= 15 is 0 Å². The molecular weight excluding hydrogens is 406 g/mol. The molecule has 0 N–H and O–H groups in total. The predicted octanol–water partition coefficient (Wildman–Crippen LogP) is 3.69. The number of thiophene rings is 1. The molecule has 1 aromatic carbocycles. The Morgan fingerprint density at radius 2 is 1.85 bits per heavy atom. The zero-order chi connectivity index (χ0) is 19.8. The van der Waals surface area contributed by atoms with Gasteiger partial charge < -0.3 is 0 Å². The van der Waals surface area contributed by atoms with E-state index in [4.69, 9.17) is 11.6 Å². The highest BCUT2D eigenvalue weighted by Gasteiger charge is 2.26. The van der Waals surface area contributed by atoms with Gasteiger partial charge >= 0.3 is 0 Å². The van der Waals surface area contributed by atoms with Gasteiger partial charge in [0.25, 0.3) is 15.6 Å². The molecule has 0 aliphatic rings. The van der Waals surface area contributed by atoms with Crippen LogP contribution in [0.25, 0.3) is 15.9 Å². The van der Waals surface area contributed by atoms with Crippen LogP contribution in [-0.4, -0.2) is 35.4 Å². The van der Waals surface area contributed by atoms with Gasteiger partial charge in [0.05, 0.1) is 16.1 Å². The normalized spacial score (nSPS) is 12.2. The summed E-state index contributed by atoms with van der Waals surface area (Å²) in [7, 11) is -3.65. The van der Waals surface area contributed by atoms with Gasteiger partial charge in [0.1, 0.15) is 14.9 Å². The Hall–Kier alpha value is -1.74. The van der Waals surface area contributed by atoms with Crippen LogP contribution >= 0.6 is 22.9 Å². The molecule has 0 spiro atoms. The van der Waals surface area contributed by atoms with E-state index in [1.807, 2.05) is 6.92 Å². The number of hydrogen-bond acceptors (Lipinski definition) is 5. The van der Waals surface area contributed by atoms with Gasteiger partial charge in [-0.15, -0.1) is 11.3 Å². The van der Waals surface area contributed by atoms with Crippen LogP contribution in [0.4, 0.5) is 0 Å². The Balaban J connectivity index is 2.30. The average Bonchev–Trinajstić information content (AvgIpc) is 3.08. The third-order valence-corrected chi connectivity index (χ3v) is 8.17. The lowest BCUT2D eigenvalue weighted by molar-refractivity contribution is 0.447. The van der Waals surface area contributed by atoms with E-state index in [0.717, 1.165) is 11.3 Å². The van der Waals surface area contributed by atoms with Gasteiger partial charge in [-0.2, -0.15) is 4.31 Å². The van der Waals surface area contributed by atoms with Crippen molar-refractivity contribution in [1.82, 2.24) is 13.9 Å². The number of nitrogens with zero attached hydrogens (tertiary/aromatic N) is 3. The molecule has 0 aliphatic carbocycles. The van der Waals surface area contributed by atoms with Gasteiger partial charge in [-0.25, -0.2) is 13.4 Å². The molecule has 9 heteroatoms. The number of rotatable bonds is 6. The van der Waals surface area contributed by atoms with E-state index in [9.17, 15) is 13.2 Å². The molecule has 3 aromatic rings. The molecule has 144 valence electrons. The monoisotopic (exact) mass is 425 g/mol. The number of aromatic nitrogens is 2. The number of fused-ring (bicyclic) bond motifs is 1. The number of benzene rings is 1. The van der Waals surface area contributed by atoms with E-state index in [2.05, 4.69) is 4.98 Å². The lowest BCUT2D eigenvalue weighted by Gasteiger charge is -2.16. The highest BCUT2D eigenvalue weighted by atomic mass is 35.5. The first kappa shape index (κ1) is 20.0. The minimum Gasteiger partial charge on any atom is -0.268 e. The fourth-order valence-corrected chi connectivity index (χ4v) is 6.11. The summed E-state index contributed by atoms with van der Waals surface area (Å²) in [6.07, 6.45) is 0.506. The Kier molecular flexibility index (Phi) is 5.71. The van der Waals surface area contributed by atoms with Crippen LogP contribution in [0.2, 0.25) is 5.02 Å². The maximum Gasteiger partial charge on any atom is 0.266 e. The summed E-state index contributed by atoms with van der Waals surface area (Å²) in [5.74, 6) is 0.536. The van der Waals surface area contributed by atoms with E-state index in [0.29, 0.717) is 40.9 Å². The third-order valence-electron chi connectivity index (χ3n) is 4.32. The lowest BCUT2D eigenvalue weighted by Crippen LogP contribution is -2.30. The first-order chi connectivity index (χ1) is 12.8. The first-order valence-corrected chi connectivity index (χ1v) is 11.3. The zero-order valence-electron chi connectivity index (χ0n) is 15.3. The van der Waals surface area contributed by atoms with Crippen LogP contribution in [-0.2, 0) is 16.4 Å². The lowest BCUT2D eigenvalue weighted by atomic mass is 10.2. The quantitative estimate of drug-likeness (QED) is 0.603. The van der Waals surface area contributed by atoms with Gasteiger partial charge in [-0.3, -0.25) is 9.36 Å². The maximum absolute atomic E-state index is 13.2. The van der Waals surface area contributed by atoms with Crippen LogP contribution in [0, 0.1) is 0 Å². The van der Waals surface area contributed by atoms with Crippen molar-refractivity contribution in [2.75, 3.05) is 13.1 Å². The van der Waals surface area contributed by atoms with Crippen molar-refractivity contribution >= 4 is 43.2 Å². The molecule has 6 nitrogen and oxygen atoms in total. The van der Waals surface area contributed by atoms with Crippen molar-refractivity contribution in [2.24, 2.45) is 0 Å². The molecular formula is C18H20ClN3O3S2. The summed E-state index contributed by atoms with van der Waals surface area (Å²) in [5, 5.41) is 0.713. The van der Waals surface area contributed by atoms with E-state index in [-0.39, 0.29) is 15.2 Å². The third kappa shape index (κ3) is 3.42. The second-order valence-corrected chi connectivity index (χ2v) is 9.45. The summed E-state index contributed by atoms with van der Waals surface area (Å²) in [5.41, 5.74) is 0.219. The van der Waals surface area contributed by atoms with E-state index in [1.54, 1.807) is 38.1 Å². The van der Waals surface area contributed by atoms with Crippen LogP contribution in [0.15, 0.2) is 39.3 Å². The molecule has 0 amide bonds. The second-order valence-electron chi connectivity index (χ2n) is 5.85. The molecule has 0 atom stereocenters. The molecule has 0 aliphatic heterocycles. The average molecular weight is 426 g/mol. The summed E-state index contributed by atoms with van der Waals surface area (Å²) in [6, 6.07) is 8.46. The number of aryl methyl sites for hydroxylation is 1. The first-order valence-electron chi connectivity index (χ1n) is 8.65. The molecule has 0 radical (unpaired) electrons. The van der Waals surface area contributed by atoms with Gasteiger partial charge in [0.2, 0.25) is 0 Å². The van der Waals surface area contributed by atoms with Crippen molar-refractivity contribution in [3.63, 3.8) is 0 Å². The molecule has 0 bridgehead atoms. The minimum atomic E-state index is -3.65. The van der Waals surface area contributed by atoms with Crippen molar-refractivity contribution in [3.05, 3.63) is 51.5 Å². The van der Waals surface area contributed by atoms with Gasteiger partial charge in [-0.1, -0.05) is 44.5 Å². The Bertz CT molecular complexity index is 1150. The van der Waals surface area contributed by atoms with Crippen LogP contribution in [0.1, 0.15) is 26.6 Å². The molecule has 0 saturated carbocycles. The van der Waals surface area contributed by atoms with E-state index in [1.165, 1.54) is 14.9 Å². The SMILES string of the molecule is CCc1nc2sc(S(=O)(=O)N(CC)CC)cc2c(=O)n1-c1ccccc1Cl.